The van der Waals surface area contributed by atoms with Gasteiger partial charge in [-0.1, -0.05) is 0 Å². The predicted molar refractivity (Wildman–Crippen MR) is 90.3 cm³/mol. The topological polar surface area (TPSA) is 111 Å². The normalized spacial score (nSPS) is 10.4. The molecule has 1 heterocycles. The molecule has 128 valence electrons. The number of nitro groups is 1. The maximum Gasteiger partial charge on any atom is 0.353 e. The molecular formula is C15H19N5O4. The van der Waals surface area contributed by atoms with Gasteiger partial charge in [-0.25, -0.2) is 9.97 Å². The lowest BCUT2D eigenvalue weighted by molar-refractivity contribution is -0.383. The van der Waals surface area contributed by atoms with Crippen LogP contribution in [0.4, 0.5) is 23.0 Å². The van der Waals surface area contributed by atoms with Crippen molar-refractivity contribution in [2.75, 3.05) is 24.9 Å². The van der Waals surface area contributed by atoms with Crippen molar-refractivity contribution in [3.8, 4) is 11.5 Å². The molecule has 0 saturated heterocycles. The smallest absolute Gasteiger partial charge is 0.353 e. The number of benzene rings is 1. The Hall–Kier alpha value is -3.10. The van der Waals surface area contributed by atoms with Crippen LogP contribution in [0.25, 0.3) is 0 Å². The Morgan fingerprint density at radius 2 is 1.88 bits per heavy atom. The Bertz CT molecular complexity index is 736. The third-order valence-corrected chi connectivity index (χ3v) is 3.09. The van der Waals surface area contributed by atoms with Gasteiger partial charge in [0.2, 0.25) is 11.6 Å². The molecule has 2 aromatic rings. The Labute approximate surface area is 139 Å². The van der Waals surface area contributed by atoms with Crippen LogP contribution < -0.4 is 20.1 Å². The van der Waals surface area contributed by atoms with Crippen molar-refractivity contribution in [2.45, 2.75) is 19.9 Å². The number of hydrogen-bond donors (Lipinski definition) is 2. The molecule has 2 rings (SSSR count). The first-order chi connectivity index (χ1) is 11.5. The van der Waals surface area contributed by atoms with Crippen LogP contribution in [0, 0.1) is 10.1 Å². The second kappa shape index (κ2) is 7.44. The first kappa shape index (κ1) is 17.3. The summed E-state index contributed by atoms with van der Waals surface area (Å²) >= 11 is 0. The first-order valence-electron chi connectivity index (χ1n) is 7.21. The largest absolute Gasteiger partial charge is 0.497 e. The van der Waals surface area contributed by atoms with Gasteiger partial charge in [0, 0.05) is 12.1 Å². The Morgan fingerprint density at radius 1 is 1.17 bits per heavy atom. The minimum atomic E-state index is -0.528. The van der Waals surface area contributed by atoms with Gasteiger partial charge in [0.1, 0.15) is 17.8 Å². The number of anilines is 3. The molecule has 9 heteroatoms. The van der Waals surface area contributed by atoms with Crippen LogP contribution in [0.2, 0.25) is 0 Å². The van der Waals surface area contributed by atoms with Crippen molar-refractivity contribution in [1.29, 1.82) is 0 Å². The van der Waals surface area contributed by atoms with E-state index in [1.807, 2.05) is 13.8 Å². The molecule has 0 fully saturated rings. The van der Waals surface area contributed by atoms with E-state index >= 15 is 0 Å². The van der Waals surface area contributed by atoms with Crippen LogP contribution in [0.15, 0.2) is 24.5 Å². The number of methoxy groups -OCH3 is 2. The molecule has 2 N–H and O–H groups in total. The maximum absolute atomic E-state index is 11.5. The highest BCUT2D eigenvalue weighted by Gasteiger charge is 2.24. The van der Waals surface area contributed by atoms with Crippen molar-refractivity contribution >= 4 is 23.0 Å². The minimum absolute atomic E-state index is 0.0159. The molecule has 1 aromatic heterocycles. The summed E-state index contributed by atoms with van der Waals surface area (Å²) in [5, 5.41) is 17.3. The highest BCUT2D eigenvalue weighted by Crippen LogP contribution is 2.36. The molecule has 24 heavy (non-hydrogen) atoms. The van der Waals surface area contributed by atoms with E-state index in [4.69, 9.17) is 9.47 Å². The van der Waals surface area contributed by atoms with Crippen molar-refractivity contribution in [3.05, 3.63) is 34.6 Å². The van der Waals surface area contributed by atoms with E-state index in [9.17, 15) is 10.1 Å². The summed E-state index contributed by atoms with van der Waals surface area (Å²) in [5.41, 5.74) is 0.255. The van der Waals surface area contributed by atoms with E-state index in [-0.39, 0.29) is 23.4 Å². The third kappa shape index (κ3) is 3.80. The number of rotatable bonds is 7. The van der Waals surface area contributed by atoms with Gasteiger partial charge in [-0.2, -0.15) is 0 Å². The zero-order valence-electron chi connectivity index (χ0n) is 13.9. The molecule has 0 saturated carbocycles. The van der Waals surface area contributed by atoms with Gasteiger partial charge in [-0.3, -0.25) is 10.1 Å². The average molecular weight is 333 g/mol. The van der Waals surface area contributed by atoms with Crippen molar-refractivity contribution in [1.82, 2.24) is 9.97 Å². The van der Waals surface area contributed by atoms with E-state index in [1.54, 1.807) is 18.2 Å². The van der Waals surface area contributed by atoms with E-state index in [0.29, 0.717) is 17.2 Å². The molecule has 0 aliphatic rings. The van der Waals surface area contributed by atoms with Crippen LogP contribution in [-0.2, 0) is 0 Å². The lowest BCUT2D eigenvalue weighted by Crippen LogP contribution is -2.14. The molecule has 0 unspecified atom stereocenters. The summed E-state index contributed by atoms with van der Waals surface area (Å²) in [7, 11) is 3.04. The van der Waals surface area contributed by atoms with E-state index in [0.717, 1.165) is 0 Å². The lowest BCUT2D eigenvalue weighted by Gasteiger charge is -2.14. The highest BCUT2D eigenvalue weighted by molar-refractivity contribution is 5.76. The van der Waals surface area contributed by atoms with Crippen molar-refractivity contribution in [2.24, 2.45) is 0 Å². The van der Waals surface area contributed by atoms with Gasteiger partial charge in [0.15, 0.2) is 0 Å². The fourth-order valence-electron chi connectivity index (χ4n) is 2.06. The monoisotopic (exact) mass is 333 g/mol. The van der Waals surface area contributed by atoms with Crippen molar-refractivity contribution in [3.63, 3.8) is 0 Å². The second-order valence-corrected chi connectivity index (χ2v) is 5.17. The number of ether oxygens (including phenoxy) is 2. The fraction of sp³-hybridized carbons (Fsp3) is 0.333. The van der Waals surface area contributed by atoms with Gasteiger partial charge < -0.3 is 20.1 Å². The zero-order valence-corrected chi connectivity index (χ0v) is 13.9. The Morgan fingerprint density at radius 3 is 2.46 bits per heavy atom. The SMILES string of the molecule is COc1ccc(OC)c(Nc2ncnc(NC(C)C)c2[N+](=O)[O-])c1. The zero-order chi connectivity index (χ0) is 17.7. The molecule has 0 bridgehead atoms. The number of hydrogen-bond acceptors (Lipinski definition) is 8. The quantitative estimate of drug-likeness (QED) is 0.587. The van der Waals surface area contributed by atoms with Gasteiger partial charge >= 0.3 is 5.69 Å². The summed E-state index contributed by atoms with van der Waals surface area (Å²) in [5.74, 6) is 1.29. The number of nitrogens with one attached hydrogen (secondary N) is 2. The van der Waals surface area contributed by atoms with Crippen LogP contribution in [0.5, 0.6) is 11.5 Å². The average Bonchev–Trinajstić information content (AvgIpc) is 2.54. The molecule has 0 radical (unpaired) electrons. The van der Waals surface area contributed by atoms with Gasteiger partial charge in [0.05, 0.1) is 24.8 Å². The highest BCUT2D eigenvalue weighted by atomic mass is 16.6. The molecule has 0 aliphatic carbocycles. The van der Waals surface area contributed by atoms with Crippen LogP contribution in [0.3, 0.4) is 0 Å². The van der Waals surface area contributed by atoms with Gasteiger partial charge in [-0.15, -0.1) is 0 Å². The summed E-state index contributed by atoms with van der Waals surface area (Å²) in [6, 6.07) is 5.07. The molecule has 9 nitrogen and oxygen atoms in total. The lowest BCUT2D eigenvalue weighted by atomic mass is 10.2. The molecule has 1 aromatic carbocycles. The van der Waals surface area contributed by atoms with Crippen molar-refractivity contribution < 1.29 is 14.4 Å². The van der Waals surface area contributed by atoms with Gasteiger partial charge in [0.25, 0.3) is 0 Å². The number of nitrogens with zero attached hydrogens (tertiary/aromatic N) is 3. The third-order valence-electron chi connectivity index (χ3n) is 3.09. The van der Waals surface area contributed by atoms with E-state index < -0.39 is 4.92 Å². The summed E-state index contributed by atoms with van der Waals surface area (Å²) in [4.78, 5) is 18.9. The van der Waals surface area contributed by atoms with E-state index in [2.05, 4.69) is 20.6 Å². The summed E-state index contributed by atoms with van der Waals surface area (Å²) in [6.07, 6.45) is 1.26. The summed E-state index contributed by atoms with van der Waals surface area (Å²) in [6.45, 7) is 3.73. The van der Waals surface area contributed by atoms with Crippen LogP contribution in [-0.4, -0.2) is 35.2 Å². The Balaban J connectivity index is 2.48. The van der Waals surface area contributed by atoms with Crippen LogP contribution >= 0.6 is 0 Å². The van der Waals surface area contributed by atoms with Crippen LogP contribution in [0.1, 0.15) is 13.8 Å². The second-order valence-electron chi connectivity index (χ2n) is 5.17. The molecule has 0 atom stereocenters. The molecule has 0 aliphatic heterocycles. The molecular weight excluding hydrogens is 314 g/mol. The predicted octanol–water partition coefficient (Wildman–Crippen LogP) is 2.97. The van der Waals surface area contributed by atoms with Gasteiger partial charge in [-0.05, 0) is 26.0 Å². The molecule has 0 spiro atoms. The summed E-state index contributed by atoms with van der Waals surface area (Å²) < 4.78 is 10.4. The first-order valence-corrected chi connectivity index (χ1v) is 7.21. The molecule has 0 amide bonds. The fourth-order valence-corrected chi connectivity index (χ4v) is 2.06. The van der Waals surface area contributed by atoms with E-state index in [1.165, 1.54) is 20.5 Å². The number of aromatic nitrogens is 2. The maximum atomic E-state index is 11.5. The standard InChI is InChI=1S/C15H19N5O4/c1-9(2)18-14-13(20(21)22)15(17-8-16-14)19-11-7-10(23-3)5-6-12(11)24-4/h5-9H,1-4H3,(H2,16,17,18,19). The Kier molecular flexibility index (Phi) is 5.35. The minimum Gasteiger partial charge on any atom is -0.497 e.